The molecule has 0 aromatic heterocycles. The van der Waals surface area contributed by atoms with Crippen LogP contribution in [0.15, 0.2) is 47.4 Å². The van der Waals surface area contributed by atoms with E-state index in [1.165, 1.54) is 12.1 Å². The minimum atomic E-state index is -3.85. The lowest BCUT2D eigenvalue weighted by Gasteiger charge is -2.20. The Balaban J connectivity index is 1.53. The zero-order valence-electron chi connectivity index (χ0n) is 16.4. The second-order valence-electron chi connectivity index (χ2n) is 7.24. The highest BCUT2D eigenvalue weighted by Crippen LogP contribution is 2.33. The van der Waals surface area contributed by atoms with Gasteiger partial charge in [-0.05, 0) is 48.9 Å². The van der Waals surface area contributed by atoms with E-state index in [9.17, 15) is 16.8 Å². The molecule has 0 aliphatic carbocycles. The van der Waals surface area contributed by atoms with Crippen LogP contribution >= 0.6 is 0 Å². The molecular weight excluding hydrogens is 430 g/mol. The lowest BCUT2D eigenvalue weighted by molar-refractivity contribution is 0.174. The molecule has 4 rings (SSSR count). The smallest absolute Gasteiger partial charge is 0.231 e. The third kappa shape index (κ3) is 4.26. The Kier molecular flexibility index (Phi) is 5.65. The van der Waals surface area contributed by atoms with Gasteiger partial charge in [-0.2, -0.15) is 0 Å². The van der Waals surface area contributed by atoms with E-state index in [2.05, 4.69) is 5.32 Å². The van der Waals surface area contributed by atoms with Crippen LogP contribution in [0.1, 0.15) is 12.5 Å². The molecule has 2 aromatic carbocycles. The molecule has 2 heterocycles. The van der Waals surface area contributed by atoms with Gasteiger partial charge in [0.05, 0.1) is 28.3 Å². The van der Waals surface area contributed by atoms with Crippen molar-refractivity contribution in [1.29, 1.82) is 0 Å². The molecule has 2 aliphatic rings. The Morgan fingerprint density at radius 3 is 2.53 bits per heavy atom. The Bertz CT molecular complexity index is 1130. The second-order valence-corrected chi connectivity index (χ2v) is 11.6. The zero-order valence-corrected chi connectivity index (χ0v) is 18.0. The molecule has 0 saturated carbocycles. The first-order chi connectivity index (χ1) is 14.3. The van der Waals surface area contributed by atoms with Crippen molar-refractivity contribution in [1.82, 2.24) is 5.32 Å². The first-order valence-electron chi connectivity index (χ1n) is 9.57. The first-order valence-corrected chi connectivity index (χ1v) is 12.9. The first kappa shape index (κ1) is 21.0. The topological polar surface area (TPSA) is 108 Å². The van der Waals surface area contributed by atoms with Crippen LogP contribution in [0.5, 0.6) is 17.2 Å². The number of sulfone groups is 2. The summed E-state index contributed by atoms with van der Waals surface area (Å²) in [6, 6.07) is 10.8. The molecule has 2 unspecified atom stereocenters. The van der Waals surface area contributed by atoms with Gasteiger partial charge >= 0.3 is 0 Å². The van der Waals surface area contributed by atoms with Crippen LogP contribution in [0.2, 0.25) is 0 Å². The van der Waals surface area contributed by atoms with E-state index in [0.717, 1.165) is 5.56 Å². The lowest BCUT2D eigenvalue weighted by Crippen LogP contribution is -2.43. The molecule has 2 aliphatic heterocycles. The Morgan fingerprint density at radius 2 is 1.80 bits per heavy atom. The SMILES string of the molecule is CCOc1ccc(S(=O)(=O)C2CS(=O)(=O)CC2NCc2ccc3c(c2)OCO3)cc1. The predicted molar refractivity (Wildman–Crippen MR) is 110 cm³/mol. The molecule has 2 atom stereocenters. The van der Waals surface area contributed by atoms with E-state index < -0.39 is 36.7 Å². The van der Waals surface area contributed by atoms with Gasteiger partial charge in [-0.3, -0.25) is 0 Å². The quantitative estimate of drug-likeness (QED) is 0.673. The second kappa shape index (κ2) is 8.09. The minimum absolute atomic E-state index is 0.0860. The Hall–Kier alpha value is -2.30. The number of rotatable bonds is 7. The van der Waals surface area contributed by atoms with Crippen molar-refractivity contribution in [3.8, 4) is 17.2 Å². The molecule has 1 fully saturated rings. The van der Waals surface area contributed by atoms with Gasteiger partial charge in [0.15, 0.2) is 31.2 Å². The summed E-state index contributed by atoms with van der Waals surface area (Å²) in [4.78, 5) is 0.0860. The maximum Gasteiger partial charge on any atom is 0.231 e. The van der Waals surface area contributed by atoms with E-state index in [-0.39, 0.29) is 17.4 Å². The summed E-state index contributed by atoms with van der Waals surface area (Å²) < 4.78 is 66.9. The molecule has 162 valence electrons. The molecule has 0 bridgehead atoms. The van der Waals surface area contributed by atoms with Crippen molar-refractivity contribution in [2.75, 3.05) is 24.9 Å². The standard InChI is InChI=1S/C20H23NO7S2/c1-2-26-15-4-6-16(7-5-15)30(24,25)20-12-29(22,23)11-17(20)21-10-14-3-8-18-19(9-14)28-13-27-18/h3-9,17,20-21H,2,10-13H2,1H3. The highest BCUT2D eigenvalue weighted by molar-refractivity contribution is 7.96. The van der Waals surface area contributed by atoms with Crippen LogP contribution in [-0.2, 0) is 26.2 Å². The molecule has 0 radical (unpaired) electrons. The molecular formula is C20H23NO7S2. The number of fused-ring (bicyclic) bond motifs is 1. The predicted octanol–water partition coefficient (Wildman–Crippen LogP) is 1.54. The molecule has 10 heteroatoms. The normalized spacial score (nSPS) is 22.2. The molecule has 1 N–H and O–H groups in total. The highest BCUT2D eigenvalue weighted by atomic mass is 32.2. The zero-order chi connectivity index (χ0) is 21.4. The molecule has 2 aromatic rings. The monoisotopic (exact) mass is 453 g/mol. The van der Waals surface area contributed by atoms with Crippen molar-refractivity contribution in [2.45, 2.75) is 29.7 Å². The van der Waals surface area contributed by atoms with Gasteiger partial charge in [-0.15, -0.1) is 0 Å². The third-order valence-corrected chi connectivity index (χ3v) is 9.33. The van der Waals surface area contributed by atoms with Crippen molar-refractivity contribution < 1.29 is 31.0 Å². The van der Waals surface area contributed by atoms with Gasteiger partial charge in [-0.1, -0.05) is 6.07 Å². The summed E-state index contributed by atoms with van der Waals surface area (Å²) in [5.41, 5.74) is 0.848. The van der Waals surface area contributed by atoms with E-state index in [0.29, 0.717) is 30.4 Å². The maximum absolute atomic E-state index is 13.2. The largest absolute Gasteiger partial charge is 0.494 e. The molecule has 1 saturated heterocycles. The van der Waals surface area contributed by atoms with E-state index >= 15 is 0 Å². The summed E-state index contributed by atoms with van der Waals surface area (Å²) >= 11 is 0. The third-order valence-electron chi connectivity index (χ3n) is 5.17. The van der Waals surface area contributed by atoms with Crippen molar-refractivity contribution >= 4 is 19.7 Å². The van der Waals surface area contributed by atoms with E-state index in [1.807, 2.05) is 13.0 Å². The van der Waals surface area contributed by atoms with Gasteiger partial charge in [0.2, 0.25) is 6.79 Å². The summed E-state index contributed by atoms with van der Waals surface area (Å²) in [5, 5.41) is 2.06. The van der Waals surface area contributed by atoms with Crippen LogP contribution < -0.4 is 19.5 Å². The van der Waals surface area contributed by atoms with Gasteiger partial charge < -0.3 is 19.5 Å². The molecule has 0 spiro atoms. The fraction of sp³-hybridized carbons (Fsp3) is 0.400. The summed E-state index contributed by atoms with van der Waals surface area (Å²) in [7, 11) is -7.32. The summed E-state index contributed by atoms with van der Waals surface area (Å²) in [6.07, 6.45) is 0. The van der Waals surface area contributed by atoms with Crippen LogP contribution in [0.3, 0.4) is 0 Å². The number of benzene rings is 2. The minimum Gasteiger partial charge on any atom is -0.494 e. The van der Waals surface area contributed by atoms with Crippen LogP contribution in [0.4, 0.5) is 0 Å². The number of hydrogen-bond acceptors (Lipinski definition) is 8. The average Bonchev–Trinajstić information content (AvgIpc) is 3.30. The van der Waals surface area contributed by atoms with Crippen LogP contribution in [0, 0.1) is 0 Å². The highest BCUT2D eigenvalue weighted by Gasteiger charge is 2.45. The van der Waals surface area contributed by atoms with Gasteiger partial charge in [-0.25, -0.2) is 16.8 Å². The van der Waals surface area contributed by atoms with Gasteiger partial charge in [0, 0.05) is 12.6 Å². The molecule has 0 amide bonds. The van der Waals surface area contributed by atoms with Crippen LogP contribution in [0.25, 0.3) is 0 Å². The van der Waals surface area contributed by atoms with Crippen molar-refractivity contribution in [3.05, 3.63) is 48.0 Å². The molecule has 30 heavy (non-hydrogen) atoms. The molecule has 8 nitrogen and oxygen atoms in total. The number of hydrogen-bond donors (Lipinski definition) is 1. The lowest BCUT2D eigenvalue weighted by atomic mass is 10.2. The van der Waals surface area contributed by atoms with Crippen LogP contribution in [-0.4, -0.2) is 53.0 Å². The number of nitrogens with one attached hydrogen (secondary N) is 1. The average molecular weight is 454 g/mol. The van der Waals surface area contributed by atoms with E-state index in [4.69, 9.17) is 14.2 Å². The number of ether oxygens (including phenoxy) is 3. The summed E-state index contributed by atoms with van der Waals surface area (Å²) in [6.45, 7) is 2.78. The van der Waals surface area contributed by atoms with Gasteiger partial charge in [0.25, 0.3) is 0 Å². The van der Waals surface area contributed by atoms with Gasteiger partial charge in [0.1, 0.15) is 5.75 Å². The van der Waals surface area contributed by atoms with E-state index in [1.54, 1.807) is 24.3 Å². The summed E-state index contributed by atoms with van der Waals surface area (Å²) in [5.74, 6) is 1.21. The fourth-order valence-corrected chi connectivity index (χ4v) is 8.40. The fourth-order valence-electron chi connectivity index (χ4n) is 3.68. The van der Waals surface area contributed by atoms with Crippen molar-refractivity contribution in [3.63, 3.8) is 0 Å². The Morgan fingerprint density at radius 1 is 1.07 bits per heavy atom. The van der Waals surface area contributed by atoms with Crippen molar-refractivity contribution in [2.24, 2.45) is 0 Å². The maximum atomic E-state index is 13.2. The Labute approximate surface area is 176 Å².